The molecule has 0 aromatic heterocycles. The maximum Gasteiger partial charge on any atom is 0.241 e. The highest BCUT2D eigenvalue weighted by Crippen LogP contribution is 2.22. The number of hydrogen-bond donors (Lipinski definition) is 2. The molecule has 1 amide bonds. The monoisotopic (exact) mass is 292 g/mol. The first-order valence-electron chi connectivity index (χ1n) is 6.11. The summed E-state index contributed by atoms with van der Waals surface area (Å²) < 4.78 is 13.1. The zero-order chi connectivity index (χ0) is 14.5. The third kappa shape index (κ3) is 3.79. The maximum atomic E-state index is 13.1. The van der Waals surface area contributed by atoms with Gasteiger partial charge in [-0.2, -0.15) is 0 Å². The highest BCUT2D eigenvalue weighted by atomic mass is 35.5. The number of benzene rings is 2. The molecule has 0 saturated heterocycles. The quantitative estimate of drug-likeness (QED) is 0.910. The summed E-state index contributed by atoms with van der Waals surface area (Å²) >= 11 is 5.88. The Morgan fingerprint density at radius 3 is 2.65 bits per heavy atom. The molecule has 1 unspecified atom stereocenters. The third-order valence-electron chi connectivity index (χ3n) is 2.82. The molecule has 20 heavy (non-hydrogen) atoms. The molecule has 0 bridgehead atoms. The molecular formula is C15H14ClFN2O. The van der Waals surface area contributed by atoms with Crippen LogP contribution < -0.4 is 11.1 Å². The fourth-order valence-electron chi connectivity index (χ4n) is 1.78. The number of anilines is 1. The fraction of sp³-hybridized carbons (Fsp3) is 0.133. The summed E-state index contributed by atoms with van der Waals surface area (Å²) in [6.07, 6.45) is 0.402. The number of nitrogens with two attached hydrogens (primary N) is 1. The van der Waals surface area contributed by atoms with Crippen molar-refractivity contribution < 1.29 is 9.18 Å². The van der Waals surface area contributed by atoms with Crippen molar-refractivity contribution in [2.45, 2.75) is 12.5 Å². The summed E-state index contributed by atoms with van der Waals surface area (Å²) in [5.41, 5.74) is 7.02. The number of hydrogen-bond acceptors (Lipinski definition) is 2. The Morgan fingerprint density at radius 2 is 1.95 bits per heavy atom. The van der Waals surface area contributed by atoms with Crippen molar-refractivity contribution in [1.29, 1.82) is 0 Å². The molecule has 1 atom stereocenters. The average Bonchev–Trinajstić information content (AvgIpc) is 2.44. The van der Waals surface area contributed by atoms with E-state index in [1.807, 2.05) is 30.3 Å². The Morgan fingerprint density at radius 1 is 1.25 bits per heavy atom. The molecule has 104 valence electrons. The summed E-state index contributed by atoms with van der Waals surface area (Å²) in [4.78, 5) is 12.0. The number of carbonyl (C=O) groups excluding carboxylic acids is 1. The van der Waals surface area contributed by atoms with Crippen LogP contribution in [-0.4, -0.2) is 11.9 Å². The van der Waals surface area contributed by atoms with E-state index in [1.165, 1.54) is 12.1 Å². The van der Waals surface area contributed by atoms with Gasteiger partial charge in [-0.25, -0.2) is 4.39 Å². The van der Waals surface area contributed by atoms with E-state index in [2.05, 4.69) is 5.32 Å². The molecule has 3 N–H and O–H groups in total. The largest absolute Gasteiger partial charge is 0.323 e. The summed E-state index contributed by atoms with van der Waals surface area (Å²) in [5, 5.41) is 2.81. The van der Waals surface area contributed by atoms with Gasteiger partial charge >= 0.3 is 0 Å². The lowest BCUT2D eigenvalue weighted by Crippen LogP contribution is -2.37. The Labute approximate surface area is 121 Å². The minimum absolute atomic E-state index is 0.222. The van der Waals surface area contributed by atoms with Gasteiger partial charge in [0.2, 0.25) is 5.91 Å². The van der Waals surface area contributed by atoms with E-state index in [0.29, 0.717) is 6.42 Å². The van der Waals surface area contributed by atoms with Crippen molar-refractivity contribution in [3.63, 3.8) is 0 Å². The first-order valence-corrected chi connectivity index (χ1v) is 6.49. The topological polar surface area (TPSA) is 55.1 Å². The molecule has 3 nitrogen and oxygen atoms in total. The Hall–Kier alpha value is -1.91. The number of carbonyl (C=O) groups is 1. The molecule has 0 spiro atoms. The van der Waals surface area contributed by atoms with Gasteiger partial charge in [-0.1, -0.05) is 41.9 Å². The molecule has 2 aromatic rings. The van der Waals surface area contributed by atoms with E-state index in [-0.39, 0.29) is 10.7 Å². The first kappa shape index (κ1) is 14.5. The zero-order valence-electron chi connectivity index (χ0n) is 10.6. The second-order valence-electron chi connectivity index (χ2n) is 4.41. The maximum absolute atomic E-state index is 13.1. The van der Waals surface area contributed by atoms with E-state index in [9.17, 15) is 9.18 Å². The van der Waals surface area contributed by atoms with Crippen LogP contribution in [-0.2, 0) is 11.2 Å². The van der Waals surface area contributed by atoms with Crippen molar-refractivity contribution in [3.05, 3.63) is 64.9 Å². The van der Waals surface area contributed by atoms with Crippen LogP contribution in [0.5, 0.6) is 0 Å². The second kappa shape index (κ2) is 6.50. The molecular weight excluding hydrogens is 279 g/mol. The number of halogens is 2. The average molecular weight is 293 g/mol. The van der Waals surface area contributed by atoms with E-state index >= 15 is 0 Å². The lowest BCUT2D eigenvalue weighted by atomic mass is 10.1. The van der Waals surface area contributed by atoms with Crippen molar-refractivity contribution in [2.75, 3.05) is 5.32 Å². The molecule has 0 fully saturated rings. The third-order valence-corrected chi connectivity index (χ3v) is 3.15. The molecule has 0 aliphatic heterocycles. The van der Waals surface area contributed by atoms with Crippen molar-refractivity contribution in [1.82, 2.24) is 0 Å². The van der Waals surface area contributed by atoms with E-state index in [0.717, 1.165) is 11.6 Å². The van der Waals surface area contributed by atoms with Crippen LogP contribution in [0.15, 0.2) is 48.5 Å². The zero-order valence-corrected chi connectivity index (χ0v) is 11.4. The highest BCUT2D eigenvalue weighted by molar-refractivity contribution is 6.33. The smallest absolute Gasteiger partial charge is 0.241 e. The lowest BCUT2D eigenvalue weighted by molar-refractivity contribution is -0.117. The fourth-order valence-corrected chi connectivity index (χ4v) is 1.94. The van der Waals surface area contributed by atoms with Crippen LogP contribution >= 0.6 is 11.6 Å². The van der Waals surface area contributed by atoms with E-state index in [4.69, 9.17) is 17.3 Å². The molecule has 2 aromatic carbocycles. The van der Waals surface area contributed by atoms with Crippen molar-refractivity contribution in [2.24, 2.45) is 5.73 Å². The second-order valence-corrected chi connectivity index (χ2v) is 4.82. The van der Waals surface area contributed by atoms with Gasteiger partial charge in [-0.15, -0.1) is 0 Å². The summed E-state index contributed by atoms with van der Waals surface area (Å²) in [7, 11) is 0. The molecule has 0 aliphatic rings. The lowest BCUT2D eigenvalue weighted by Gasteiger charge is -2.13. The van der Waals surface area contributed by atoms with Gasteiger partial charge < -0.3 is 11.1 Å². The Bertz CT molecular complexity index is 604. The number of rotatable bonds is 4. The van der Waals surface area contributed by atoms with Crippen LogP contribution in [0, 0.1) is 5.82 Å². The predicted octanol–water partition coefficient (Wildman–Crippen LogP) is 2.99. The molecule has 0 aliphatic carbocycles. The van der Waals surface area contributed by atoms with Crippen LogP contribution in [0.4, 0.5) is 10.1 Å². The van der Waals surface area contributed by atoms with Crippen molar-refractivity contribution in [3.8, 4) is 0 Å². The molecule has 2 rings (SSSR count). The minimum atomic E-state index is -0.725. The molecule has 5 heteroatoms. The van der Waals surface area contributed by atoms with Crippen LogP contribution in [0.1, 0.15) is 5.56 Å². The highest BCUT2D eigenvalue weighted by Gasteiger charge is 2.15. The van der Waals surface area contributed by atoms with Gasteiger partial charge in [0.05, 0.1) is 16.8 Å². The van der Waals surface area contributed by atoms with Gasteiger partial charge in [-0.05, 0) is 30.2 Å². The molecule has 0 heterocycles. The predicted molar refractivity (Wildman–Crippen MR) is 78.2 cm³/mol. The summed E-state index contributed by atoms with van der Waals surface area (Å²) in [6, 6.07) is 12.5. The number of nitrogens with one attached hydrogen (secondary N) is 1. The molecule has 0 saturated carbocycles. The SMILES string of the molecule is NC(Cc1ccccc1)C(=O)Nc1cc(F)ccc1Cl. The van der Waals surface area contributed by atoms with Crippen LogP contribution in [0.2, 0.25) is 5.02 Å². The van der Waals surface area contributed by atoms with Gasteiger partial charge in [0.1, 0.15) is 5.82 Å². The van der Waals surface area contributed by atoms with Crippen LogP contribution in [0.3, 0.4) is 0 Å². The van der Waals surface area contributed by atoms with E-state index in [1.54, 1.807) is 0 Å². The van der Waals surface area contributed by atoms with Gasteiger partial charge in [0.15, 0.2) is 0 Å². The minimum Gasteiger partial charge on any atom is -0.323 e. The first-order chi connectivity index (χ1) is 9.56. The van der Waals surface area contributed by atoms with Gasteiger partial charge in [0, 0.05) is 0 Å². The van der Waals surface area contributed by atoms with Crippen LogP contribution in [0.25, 0.3) is 0 Å². The summed E-state index contributed by atoms with van der Waals surface area (Å²) in [5.74, 6) is -0.873. The van der Waals surface area contributed by atoms with Crippen molar-refractivity contribution >= 4 is 23.2 Å². The standard InChI is InChI=1S/C15H14ClFN2O/c16-12-7-6-11(17)9-14(12)19-15(20)13(18)8-10-4-2-1-3-5-10/h1-7,9,13H,8,18H2,(H,19,20). The number of amides is 1. The van der Waals surface area contributed by atoms with Gasteiger partial charge in [0.25, 0.3) is 0 Å². The van der Waals surface area contributed by atoms with Gasteiger partial charge in [-0.3, -0.25) is 4.79 Å². The Balaban J connectivity index is 2.02. The molecule has 0 radical (unpaired) electrons. The van der Waals surface area contributed by atoms with E-state index < -0.39 is 17.8 Å². The normalized spacial score (nSPS) is 11.9. The summed E-state index contributed by atoms with van der Waals surface area (Å²) in [6.45, 7) is 0. The Kier molecular flexibility index (Phi) is 4.71.